The molecule has 13 heteroatoms. The summed E-state index contributed by atoms with van der Waals surface area (Å²) in [7, 11) is 1.10. The molecule has 2 fully saturated rings. The highest BCUT2D eigenvalue weighted by Gasteiger charge is 2.60. The highest BCUT2D eigenvalue weighted by atomic mass is 16.7. The van der Waals surface area contributed by atoms with Crippen molar-refractivity contribution in [3.8, 4) is 0 Å². The van der Waals surface area contributed by atoms with E-state index in [0.29, 0.717) is 19.0 Å². The first-order valence-electron chi connectivity index (χ1n) is 17.5. The largest absolute Gasteiger partial charge is 0.468 e. The number of hydrogen-bond acceptors (Lipinski definition) is 13. The summed E-state index contributed by atoms with van der Waals surface area (Å²) in [6.45, 7) is 14.5. The third-order valence-electron chi connectivity index (χ3n) is 10.6. The maximum atomic E-state index is 14.5. The van der Waals surface area contributed by atoms with Crippen molar-refractivity contribution in [3.05, 3.63) is 34.8 Å². The molecule has 8 atom stereocenters. The van der Waals surface area contributed by atoms with Crippen LogP contribution in [0.2, 0.25) is 0 Å². The van der Waals surface area contributed by atoms with Crippen molar-refractivity contribution in [1.82, 2.24) is 5.32 Å². The number of allylic oxidation sites excluding steroid dienone is 2. The zero-order valence-electron chi connectivity index (χ0n) is 30.8. The Kier molecular flexibility index (Phi) is 12.6. The van der Waals surface area contributed by atoms with Gasteiger partial charge in [0.1, 0.15) is 5.76 Å². The van der Waals surface area contributed by atoms with Crippen LogP contribution >= 0.6 is 0 Å². The number of furan rings is 1. The van der Waals surface area contributed by atoms with Crippen molar-refractivity contribution in [2.24, 2.45) is 16.7 Å². The van der Waals surface area contributed by atoms with E-state index in [9.17, 15) is 24.0 Å². The molecule has 1 N–H and O–H groups in total. The molecule has 0 aromatic carbocycles. The zero-order chi connectivity index (χ0) is 37.0. The van der Waals surface area contributed by atoms with Crippen molar-refractivity contribution in [2.45, 2.75) is 144 Å². The molecule has 2 heterocycles. The van der Waals surface area contributed by atoms with Crippen LogP contribution in [0.25, 0.3) is 0 Å². The summed E-state index contributed by atoms with van der Waals surface area (Å²) in [5, 5.41) is 3.43. The molecule has 1 aromatic rings. The van der Waals surface area contributed by atoms with E-state index in [4.69, 9.17) is 32.8 Å². The van der Waals surface area contributed by atoms with Gasteiger partial charge in [-0.3, -0.25) is 19.2 Å². The van der Waals surface area contributed by atoms with Crippen LogP contribution in [-0.4, -0.2) is 73.7 Å². The van der Waals surface area contributed by atoms with E-state index >= 15 is 0 Å². The second-order valence-electron chi connectivity index (χ2n) is 14.5. The SMILES string of the molecule is COC(=O)[C@H]1O[C@@H](OC(=O)[C@@]2(C)CCC[C@]3(C)C(CCc4ccoc4CNC(C)C)=C(C)CC[C@@H]23)[C@H](OC(C)=O)[C@@H](OC(C)=O)[C@@H]1OC(C)=O. The maximum Gasteiger partial charge on any atom is 0.339 e. The molecule has 0 spiro atoms. The number of esters is 5. The zero-order valence-corrected chi connectivity index (χ0v) is 30.8. The lowest BCUT2D eigenvalue weighted by Crippen LogP contribution is -2.64. The summed E-state index contributed by atoms with van der Waals surface area (Å²) in [5.74, 6) is -3.16. The number of hydrogen-bond donors (Lipinski definition) is 1. The van der Waals surface area contributed by atoms with E-state index in [0.717, 1.165) is 77.7 Å². The van der Waals surface area contributed by atoms with E-state index in [1.165, 1.54) is 11.1 Å². The molecule has 0 radical (unpaired) electrons. The summed E-state index contributed by atoms with van der Waals surface area (Å²) in [5.41, 5.74) is 2.55. The maximum absolute atomic E-state index is 14.5. The van der Waals surface area contributed by atoms with E-state index in [1.807, 2.05) is 13.0 Å². The molecule has 50 heavy (non-hydrogen) atoms. The number of rotatable bonds is 12. The molecule has 1 aliphatic heterocycles. The molecule has 0 amide bonds. The van der Waals surface area contributed by atoms with Crippen molar-refractivity contribution < 1.29 is 56.8 Å². The lowest BCUT2D eigenvalue weighted by Gasteiger charge is -2.55. The normalized spacial score (nSPS) is 31.0. The van der Waals surface area contributed by atoms with Crippen LogP contribution in [0.4, 0.5) is 0 Å². The number of ether oxygens (including phenoxy) is 6. The second kappa shape index (κ2) is 16.1. The van der Waals surface area contributed by atoms with Gasteiger partial charge in [0.15, 0.2) is 18.3 Å². The number of nitrogens with one attached hydrogen (secondary N) is 1. The highest BCUT2D eigenvalue weighted by molar-refractivity contribution is 5.79. The Morgan fingerprint density at radius 3 is 2.18 bits per heavy atom. The first kappa shape index (κ1) is 39.1. The third-order valence-corrected chi connectivity index (χ3v) is 10.6. The van der Waals surface area contributed by atoms with Gasteiger partial charge in [0.25, 0.3) is 0 Å². The Morgan fingerprint density at radius 2 is 1.56 bits per heavy atom. The average molecular weight is 704 g/mol. The van der Waals surface area contributed by atoms with Gasteiger partial charge in [0.05, 0.1) is 25.3 Å². The summed E-state index contributed by atoms with van der Waals surface area (Å²) < 4.78 is 39.0. The molecular formula is C37H53NO12. The van der Waals surface area contributed by atoms with Crippen LogP contribution < -0.4 is 5.32 Å². The minimum Gasteiger partial charge on any atom is -0.468 e. The van der Waals surface area contributed by atoms with Gasteiger partial charge in [-0.1, -0.05) is 38.3 Å². The van der Waals surface area contributed by atoms with Crippen molar-refractivity contribution in [3.63, 3.8) is 0 Å². The predicted molar refractivity (Wildman–Crippen MR) is 178 cm³/mol. The number of methoxy groups -OCH3 is 1. The Bertz CT molecular complexity index is 1460. The molecule has 2 aliphatic carbocycles. The van der Waals surface area contributed by atoms with Gasteiger partial charge >= 0.3 is 29.8 Å². The van der Waals surface area contributed by atoms with Crippen molar-refractivity contribution in [2.75, 3.05) is 7.11 Å². The number of carbonyl (C=O) groups is 5. The summed E-state index contributed by atoms with van der Waals surface area (Å²) in [6.07, 6.45) is -0.841. The van der Waals surface area contributed by atoms with Gasteiger partial charge in [-0.2, -0.15) is 0 Å². The molecule has 278 valence electrons. The molecule has 13 nitrogen and oxygen atoms in total. The fourth-order valence-electron chi connectivity index (χ4n) is 8.33. The van der Waals surface area contributed by atoms with Gasteiger partial charge in [-0.05, 0) is 75.3 Å². The number of fused-ring (bicyclic) bond motifs is 1. The number of carbonyl (C=O) groups excluding carboxylic acids is 5. The minimum atomic E-state index is -1.68. The van der Waals surface area contributed by atoms with Gasteiger partial charge in [0.2, 0.25) is 12.4 Å². The Hall–Kier alpha value is -3.71. The summed E-state index contributed by atoms with van der Waals surface area (Å²) >= 11 is 0. The molecule has 0 bridgehead atoms. The van der Waals surface area contributed by atoms with Crippen LogP contribution in [0, 0.1) is 16.7 Å². The minimum absolute atomic E-state index is 0.0911. The smallest absolute Gasteiger partial charge is 0.339 e. The van der Waals surface area contributed by atoms with Crippen molar-refractivity contribution in [1.29, 1.82) is 0 Å². The molecule has 4 rings (SSSR count). The number of aryl methyl sites for hydroxylation is 1. The van der Waals surface area contributed by atoms with Gasteiger partial charge in [-0.15, -0.1) is 0 Å². The van der Waals surface area contributed by atoms with Gasteiger partial charge in [0, 0.05) is 26.8 Å². The third kappa shape index (κ3) is 8.42. The second-order valence-corrected chi connectivity index (χ2v) is 14.5. The van der Waals surface area contributed by atoms with Crippen molar-refractivity contribution >= 4 is 29.8 Å². The fraction of sp³-hybridized carbons (Fsp3) is 0.703. The van der Waals surface area contributed by atoms with Crippen LogP contribution in [0.5, 0.6) is 0 Å². The fourth-order valence-corrected chi connectivity index (χ4v) is 8.33. The van der Waals surface area contributed by atoms with Crippen LogP contribution in [0.15, 0.2) is 27.9 Å². The first-order valence-corrected chi connectivity index (χ1v) is 17.5. The van der Waals surface area contributed by atoms with E-state index in [-0.39, 0.29) is 11.3 Å². The summed E-state index contributed by atoms with van der Waals surface area (Å²) in [6, 6.07) is 2.35. The average Bonchev–Trinajstić information content (AvgIpc) is 3.48. The van der Waals surface area contributed by atoms with Gasteiger partial charge < -0.3 is 38.2 Å². The van der Waals surface area contributed by atoms with E-state index < -0.39 is 66.0 Å². The highest BCUT2D eigenvalue weighted by Crippen LogP contribution is 2.61. The quantitative estimate of drug-likeness (QED) is 0.178. The van der Waals surface area contributed by atoms with Crippen LogP contribution in [0.3, 0.4) is 0 Å². The first-order chi connectivity index (χ1) is 23.5. The summed E-state index contributed by atoms with van der Waals surface area (Å²) in [4.78, 5) is 64.0. The van der Waals surface area contributed by atoms with E-state index in [1.54, 1.807) is 6.26 Å². The lowest BCUT2D eigenvalue weighted by molar-refractivity contribution is -0.298. The molecule has 0 unspecified atom stereocenters. The molecule has 1 saturated heterocycles. The monoisotopic (exact) mass is 703 g/mol. The van der Waals surface area contributed by atoms with E-state index in [2.05, 4.69) is 33.0 Å². The van der Waals surface area contributed by atoms with Crippen LogP contribution in [-0.2, 0) is 65.4 Å². The lowest BCUT2D eigenvalue weighted by atomic mass is 9.49. The standard InChI is InChI=1S/C37H53NO12/c1-20(2)38-19-27-25(15-18-45-27)12-13-26-21(3)11-14-28-36(26,7)16-10-17-37(28,8)35(43)50-34-32(48-24(6)41)30(47-23(5)40)29(46-22(4)39)31(49-34)33(42)44-9/h15,18,20,28-32,34,38H,10-14,16-17,19H2,1-9H3/t28-,29+,30+,31+,32-,34+,36-,37+/m1/s1. The molecule has 3 aliphatic rings. The van der Waals surface area contributed by atoms with Crippen LogP contribution in [0.1, 0.15) is 105 Å². The predicted octanol–water partition coefficient (Wildman–Crippen LogP) is 4.87. The Labute approximate surface area is 294 Å². The molecule has 1 saturated carbocycles. The topological polar surface area (TPSA) is 166 Å². The molecular weight excluding hydrogens is 650 g/mol. The Balaban J connectivity index is 1.63. The Morgan fingerprint density at radius 1 is 0.920 bits per heavy atom. The van der Waals surface area contributed by atoms with Gasteiger partial charge in [-0.25, -0.2) is 4.79 Å². The molecule has 1 aromatic heterocycles.